The van der Waals surface area contributed by atoms with Crippen LogP contribution in [0.4, 0.5) is 13.2 Å². The molecular formula is C23H29F3N4O3. The van der Waals surface area contributed by atoms with Gasteiger partial charge in [0.05, 0.1) is 19.5 Å². The van der Waals surface area contributed by atoms with Crippen LogP contribution < -0.4 is 4.74 Å². The Hall–Kier alpha value is -2.59. The van der Waals surface area contributed by atoms with Crippen LogP contribution >= 0.6 is 0 Å². The number of alkyl halides is 3. The standard InChI is InChI=1S/C23H29F3N4O3/c1-28-15-21(27-16-28)22(31)30(14-17-3-2-4-20(13-17)33-23(24,25)26)19-7-5-18(6-8-19)29-9-11-32-12-10-29/h2-4,13,15-16,18-19H,5-12,14H2,1H3. The molecule has 1 aromatic carbocycles. The van der Waals surface area contributed by atoms with Gasteiger partial charge in [-0.2, -0.15) is 0 Å². The minimum atomic E-state index is -4.76. The Bertz CT molecular complexity index is 935. The number of hydrogen-bond donors (Lipinski definition) is 0. The molecule has 1 aromatic heterocycles. The second-order valence-corrected chi connectivity index (χ2v) is 8.66. The zero-order valence-electron chi connectivity index (χ0n) is 18.6. The number of nitrogens with zero attached hydrogens (tertiary/aromatic N) is 4. The van der Waals surface area contributed by atoms with Gasteiger partial charge in [-0.25, -0.2) is 4.98 Å². The van der Waals surface area contributed by atoms with Gasteiger partial charge in [-0.05, 0) is 43.4 Å². The molecule has 1 saturated heterocycles. The van der Waals surface area contributed by atoms with Crippen molar-refractivity contribution in [2.45, 2.75) is 50.7 Å². The van der Waals surface area contributed by atoms with Crippen molar-refractivity contribution in [2.75, 3.05) is 26.3 Å². The first-order valence-corrected chi connectivity index (χ1v) is 11.2. The van der Waals surface area contributed by atoms with Gasteiger partial charge < -0.3 is 18.9 Å². The summed E-state index contributed by atoms with van der Waals surface area (Å²) < 4.78 is 49.2. The van der Waals surface area contributed by atoms with E-state index in [0.717, 1.165) is 52.0 Å². The van der Waals surface area contributed by atoms with Crippen LogP contribution in [-0.4, -0.2) is 70.0 Å². The van der Waals surface area contributed by atoms with Gasteiger partial charge in [-0.15, -0.1) is 13.2 Å². The number of benzene rings is 1. The van der Waals surface area contributed by atoms with Gasteiger partial charge in [0.25, 0.3) is 5.91 Å². The largest absolute Gasteiger partial charge is 0.573 e. The summed E-state index contributed by atoms with van der Waals surface area (Å²) in [5, 5.41) is 0. The summed E-state index contributed by atoms with van der Waals surface area (Å²) in [6, 6.07) is 6.28. The molecule has 0 bridgehead atoms. The van der Waals surface area contributed by atoms with E-state index in [0.29, 0.717) is 17.3 Å². The maximum Gasteiger partial charge on any atom is 0.573 e. The predicted octanol–water partition coefficient (Wildman–Crippen LogP) is 3.60. The molecule has 0 radical (unpaired) electrons. The Balaban J connectivity index is 1.49. The Morgan fingerprint density at radius 3 is 2.58 bits per heavy atom. The van der Waals surface area contributed by atoms with Gasteiger partial charge in [-0.3, -0.25) is 9.69 Å². The second kappa shape index (κ2) is 10.1. The number of hydrogen-bond acceptors (Lipinski definition) is 5. The average molecular weight is 467 g/mol. The van der Waals surface area contributed by atoms with Gasteiger partial charge in [-0.1, -0.05) is 12.1 Å². The number of ether oxygens (including phenoxy) is 2. The first-order valence-electron chi connectivity index (χ1n) is 11.2. The number of morpholine rings is 1. The first-order chi connectivity index (χ1) is 15.8. The summed E-state index contributed by atoms with van der Waals surface area (Å²) in [7, 11) is 1.79. The molecule has 0 atom stereocenters. The maximum absolute atomic E-state index is 13.4. The van der Waals surface area contributed by atoms with Crippen LogP contribution in [0.2, 0.25) is 0 Å². The summed E-state index contributed by atoms with van der Waals surface area (Å²) >= 11 is 0. The topological polar surface area (TPSA) is 59.8 Å². The molecular weight excluding hydrogens is 437 g/mol. The monoisotopic (exact) mass is 466 g/mol. The SMILES string of the molecule is Cn1cnc(C(=O)N(Cc2cccc(OC(F)(F)F)c2)C2CCC(N3CCOCC3)CC2)c1. The van der Waals surface area contributed by atoms with Crippen LogP contribution in [0.1, 0.15) is 41.7 Å². The molecule has 2 aromatic rings. The van der Waals surface area contributed by atoms with Crippen LogP contribution in [0.3, 0.4) is 0 Å². The highest BCUT2D eigenvalue weighted by Gasteiger charge is 2.34. The van der Waals surface area contributed by atoms with Crippen LogP contribution in [0.25, 0.3) is 0 Å². The molecule has 180 valence electrons. The van der Waals surface area contributed by atoms with E-state index in [1.54, 1.807) is 35.1 Å². The van der Waals surface area contributed by atoms with E-state index >= 15 is 0 Å². The molecule has 1 aliphatic heterocycles. The van der Waals surface area contributed by atoms with Crippen molar-refractivity contribution in [3.05, 3.63) is 48.0 Å². The maximum atomic E-state index is 13.4. The summed E-state index contributed by atoms with van der Waals surface area (Å²) in [5.41, 5.74) is 0.909. The summed E-state index contributed by atoms with van der Waals surface area (Å²) in [5.74, 6) is -0.506. The molecule has 33 heavy (non-hydrogen) atoms. The fraction of sp³-hybridized carbons (Fsp3) is 0.565. The third-order valence-corrected chi connectivity index (χ3v) is 6.34. The molecule has 1 amide bonds. The summed E-state index contributed by atoms with van der Waals surface area (Å²) in [4.78, 5) is 21.8. The van der Waals surface area contributed by atoms with Crippen LogP contribution in [0.5, 0.6) is 5.75 Å². The van der Waals surface area contributed by atoms with Gasteiger partial charge >= 0.3 is 6.36 Å². The number of aryl methyl sites for hydroxylation is 1. The second-order valence-electron chi connectivity index (χ2n) is 8.66. The van der Waals surface area contributed by atoms with Gasteiger partial charge in [0.1, 0.15) is 11.4 Å². The minimum Gasteiger partial charge on any atom is -0.406 e. The number of carbonyl (C=O) groups is 1. The molecule has 2 aliphatic rings. The molecule has 7 nitrogen and oxygen atoms in total. The fourth-order valence-electron chi connectivity index (χ4n) is 4.75. The Morgan fingerprint density at radius 2 is 1.94 bits per heavy atom. The van der Waals surface area contributed by atoms with E-state index in [2.05, 4.69) is 14.6 Å². The highest BCUT2D eigenvalue weighted by atomic mass is 19.4. The van der Waals surface area contributed by atoms with Gasteiger partial charge in [0, 0.05) is 45.0 Å². The van der Waals surface area contributed by atoms with E-state index in [9.17, 15) is 18.0 Å². The highest BCUT2D eigenvalue weighted by Crippen LogP contribution is 2.30. The smallest absolute Gasteiger partial charge is 0.406 e. The van der Waals surface area contributed by atoms with Crippen molar-refractivity contribution in [1.82, 2.24) is 19.4 Å². The van der Waals surface area contributed by atoms with Gasteiger partial charge in [0.2, 0.25) is 0 Å². The van der Waals surface area contributed by atoms with E-state index in [1.807, 2.05) is 0 Å². The van der Waals surface area contributed by atoms with Crippen LogP contribution in [0, 0.1) is 0 Å². The number of rotatable bonds is 6. The number of imidazole rings is 1. The first kappa shape index (κ1) is 23.6. The summed E-state index contributed by atoms with van der Waals surface area (Å²) in [6.45, 7) is 3.55. The van der Waals surface area contributed by atoms with E-state index in [1.165, 1.54) is 18.2 Å². The highest BCUT2D eigenvalue weighted by molar-refractivity contribution is 5.92. The Kier molecular flexibility index (Phi) is 7.23. The van der Waals surface area contributed by atoms with Crippen molar-refractivity contribution < 1.29 is 27.4 Å². The van der Waals surface area contributed by atoms with Crippen molar-refractivity contribution in [1.29, 1.82) is 0 Å². The molecule has 4 rings (SSSR count). The van der Waals surface area contributed by atoms with Gasteiger partial charge in [0.15, 0.2) is 0 Å². The zero-order valence-corrected chi connectivity index (χ0v) is 18.6. The van der Waals surface area contributed by atoms with Crippen molar-refractivity contribution in [2.24, 2.45) is 7.05 Å². The van der Waals surface area contributed by atoms with Crippen LogP contribution in [-0.2, 0) is 18.3 Å². The lowest BCUT2D eigenvalue weighted by Crippen LogP contribution is -2.48. The lowest BCUT2D eigenvalue weighted by Gasteiger charge is -2.41. The van der Waals surface area contributed by atoms with E-state index in [4.69, 9.17) is 4.74 Å². The van der Waals surface area contributed by atoms with Crippen molar-refractivity contribution in [3.8, 4) is 5.75 Å². The fourth-order valence-corrected chi connectivity index (χ4v) is 4.75. The molecule has 0 spiro atoms. The van der Waals surface area contributed by atoms with E-state index in [-0.39, 0.29) is 24.2 Å². The molecule has 0 N–H and O–H groups in total. The van der Waals surface area contributed by atoms with Crippen molar-refractivity contribution >= 4 is 5.91 Å². The minimum absolute atomic E-state index is 0.0102. The molecule has 1 saturated carbocycles. The molecule has 2 fully saturated rings. The molecule has 1 aliphatic carbocycles. The zero-order chi connectivity index (χ0) is 23.4. The molecule has 2 heterocycles. The third kappa shape index (κ3) is 6.26. The third-order valence-electron chi connectivity index (χ3n) is 6.34. The Labute approximate surface area is 191 Å². The Morgan fingerprint density at radius 1 is 1.21 bits per heavy atom. The molecule has 0 unspecified atom stereocenters. The normalized spacial score (nSPS) is 22.2. The van der Waals surface area contributed by atoms with Crippen molar-refractivity contribution in [3.63, 3.8) is 0 Å². The summed E-state index contributed by atoms with van der Waals surface area (Å²) in [6.07, 6.45) is 2.07. The average Bonchev–Trinajstić information content (AvgIpc) is 3.23. The van der Waals surface area contributed by atoms with E-state index < -0.39 is 6.36 Å². The lowest BCUT2D eigenvalue weighted by atomic mass is 9.88. The molecule has 10 heteroatoms. The van der Waals surface area contributed by atoms with Crippen LogP contribution in [0.15, 0.2) is 36.8 Å². The number of aromatic nitrogens is 2. The predicted molar refractivity (Wildman–Crippen MR) is 115 cm³/mol. The number of carbonyl (C=O) groups excluding carboxylic acids is 1. The number of amides is 1. The quantitative estimate of drug-likeness (QED) is 0.651. The lowest BCUT2D eigenvalue weighted by molar-refractivity contribution is -0.274. The number of halogens is 3.